The monoisotopic (exact) mass is 450 g/mol. The summed E-state index contributed by atoms with van der Waals surface area (Å²) in [6.07, 6.45) is 2.40. The van der Waals surface area contributed by atoms with Crippen LogP contribution in [-0.4, -0.2) is 38.9 Å². The molecule has 4 rings (SSSR count). The molecule has 2 atom stereocenters. The number of nitrogens with zero attached hydrogens (tertiary/aromatic N) is 2. The van der Waals surface area contributed by atoms with Crippen LogP contribution in [0.3, 0.4) is 0 Å². The molecule has 164 valence electrons. The van der Waals surface area contributed by atoms with Crippen molar-refractivity contribution in [1.82, 2.24) is 15.2 Å². The van der Waals surface area contributed by atoms with Crippen LogP contribution in [0.2, 0.25) is 0 Å². The van der Waals surface area contributed by atoms with Crippen LogP contribution in [0.5, 0.6) is 0 Å². The van der Waals surface area contributed by atoms with Crippen LogP contribution < -0.4 is 11.1 Å². The number of β-lactam (4-membered cyclic amide) rings is 1. The Hall–Kier alpha value is -3.72. The minimum Gasteiger partial charge on any atom is -0.480 e. The number of urea groups is 1. The number of likely N-dealkylation sites (tertiary alicyclic amines) is 1. The molecule has 1 aromatic heterocycles. The number of aliphatic carboxylic acids is 1. The van der Waals surface area contributed by atoms with Crippen LogP contribution in [0.1, 0.15) is 28.5 Å². The number of amides is 3. The zero-order valence-electron chi connectivity index (χ0n) is 17.0. The van der Waals surface area contributed by atoms with Gasteiger partial charge >= 0.3 is 12.0 Å². The molecule has 1 unspecified atom stereocenters. The fourth-order valence-electron chi connectivity index (χ4n) is 3.92. The molecule has 1 aliphatic rings. The van der Waals surface area contributed by atoms with Crippen molar-refractivity contribution in [3.8, 4) is 0 Å². The van der Waals surface area contributed by atoms with Gasteiger partial charge in [-0.25, -0.2) is 19.5 Å². The van der Waals surface area contributed by atoms with Crippen molar-refractivity contribution < 1.29 is 19.5 Å². The van der Waals surface area contributed by atoms with Crippen molar-refractivity contribution in [1.29, 1.82) is 0 Å². The van der Waals surface area contributed by atoms with Gasteiger partial charge in [0.05, 0.1) is 12.0 Å². The zero-order chi connectivity index (χ0) is 22.7. The van der Waals surface area contributed by atoms with Crippen molar-refractivity contribution in [3.63, 3.8) is 0 Å². The van der Waals surface area contributed by atoms with Gasteiger partial charge < -0.3 is 16.2 Å². The van der Waals surface area contributed by atoms with E-state index in [1.54, 1.807) is 6.20 Å². The highest BCUT2D eigenvalue weighted by Gasteiger charge is 2.54. The Morgan fingerprint density at radius 2 is 1.69 bits per heavy atom. The number of aromatic nitrogens is 1. The highest BCUT2D eigenvalue weighted by Crippen LogP contribution is 2.33. The number of carbonyl (C=O) groups is 3. The molecule has 1 aliphatic heterocycles. The highest BCUT2D eigenvalue weighted by molar-refractivity contribution is 7.15. The summed E-state index contributed by atoms with van der Waals surface area (Å²) in [4.78, 5) is 43.3. The number of benzene rings is 2. The molecule has 8 nitrogen and oxygen atoms in total. The smallest absolute Gasteiger partial charge is 0.327 e. The largest absolute Gasteiger partial charge is 0.480 e. The van der Waals surface area contributed by atoms with Gasteiger partial charge in [0.25, 0.3) is 0 Å². The Kier molecular flexibility index (Phi) is 6.18. The molecule has 32 heavy (non-hydrogen) atoms. The van der Waals surface area contributed by atoms with E-state index in [2.05, 4.69) is 10.3 Å². The minimum atomic E-state index is -1.21. The normalized spacial score (nSPS) is 17.8. The summed E-state index contributed by atoms with van der Waals surface area (Å²) in [6, 6.07) is 16.2. The topological polar surface area (TPSA) is 126 Å². The van der Waals surface area contributed by atoms with Crippen LogP contribution in [0.4, 0.5) is 9.93 Å². The van der Waals surface area contributed by atoms with E-state index < -0.39 is 35.9 Å². The van der Waals surface area contributed by atoms with Crippen LogP contribution in [0, 0.1) is 5.92 Å². The molecule has 0 aliphatic carbocycles. The van der Waals surface area contributed by atoms with Crippen molar-refractivity contribution in [2.45, 2.75) is 24.9 Å². The van der Waals surface area contributed by atoms with Crippen LogP contribution in [-0.2, 0) is 16.0 Å². The van der Waals surface area contributed by atoms with Gasteiger partial charge in [-0.15, -0.1) is 11.3 Å². The number of hydrogen-bond acceptors (Lipinski definition) is 6. The minimum absolute atomic E-state index is 0.308. The summed E-state index contributed by atoms with van der Waals surface area (Å²) >= 11 is 1.30. The van der Waals surface area contributed by atoms with E-state index in [-0.39, 0.29) is 0 Å². The predicted octanol–water partition coefficient (Wildman–Crippen LogP) is 3.07. The molecule has 3 aromatic rings. The Morgan fingerprint density at radius 1 is 1.09 bits per heavy atom. The molecule has 4 N–H and O–H groups in total. The van der Waals surface area contributed by atoms with Gasteiger partial charge in [0.15, 0.2) is 11.2 Å². The number of anilines is 1. The lowest BCUT2D eigenvalue weighted by Gasteiger charge is -2.43. The van der Waals surface area contributed by atoms with Crippen molar-refractivity contribution in [3.05, 3.63) is 82.9 Å². The van der Waals surface area contributed by atoms with Gasteiger partial charge in [0.2, 0.25) is 5.91 Å². The molecule has 0 bridgehead atoms. The predicted molar refractivity (Wildman–Crippen MR) is 120 cm³/mol. The van der Waals surface area contributed by atoms with Crippen molar-refractivity contribution in [2.75, 3.05) is 5.73 Å². The number of aryl methyl sites for hydroxylation is 1. The van der Waals surface area contributed by atoms with Crippen LogP contribution in [0.25, 0.3) is 0 Å². The van der Waals surface area contributed by atoms with E-state index in [1.807, 2.05) is 60.7 Å². The third-order valence-electron chi connectivity index (χ3n) is 5.49. The summed E-state index contributed by atoms with van der Waals surface area (Å²) < 4.78 is 0. The van der Waals surface area contributed by atoms with Crippen LogP contribution >= 0.6 is 11.3 Å². The average molecular weight is 451 g/mol. The van der Waals surface area contributed by atoms with Gasteiger partial charge in [-0.3, -0.25) is 4.79 Å². The van der Waals surface area contributed by atoms with Gasteiger partial charge in [-0.1, -0.05) is 60.7 Å². The first kappa shape index (κ1) is 21.5. The van der Waals surface area contributed by atoms with E-state index >= 15 is 0 Å². The number of carboxylic acids is 1. The maximum atomic E-state index is 13.0. The molecular formula is C23H22N4O4S. The maximum Gasteiger partial charge on any atom is 0.327 e. The summed E-state index contributed by atoms with van der Waals surface area (Å²) in [5.41, 5.74) is 7.27. The van der Waals surface area contributed by atoms with E-state index in [0.29, 0.717) is 18.0 Å². The average Bonchev–Trinajstić information content (AvgIpc) is 3.21. The van der Waals surface area contributed by atoms with Crippen LogP contribution in [0.15, 0.2) is 66.9 Å². The van der Waals surface area contributed by atoms with Crippen molar-refractivity contribution >= 4 is 34.4 Å². The summed E-state index contributed by atoms with van der Waals surface area (Å²) in [5, 5.41) is 13.0. The third-order valence-corrected chi connectivity index (χ3v) is 6.38. The molecule has 2 heterocycles. The number of nitrogen functional groups attached to an aromatic ring is 1. The molecule has 1 fully saturated rings. The number of thiazole rings is 1. The molecular weight excluding hydrogens is 428 g/mol. The fraction of sp³-hybridized carbons (Fsp3) is 0.217. The molecule has 1 saturated heterocycles. The summed E-state index contributed by atoms with van der Waals surface area (Å²) in [5.74, 6) is -2.47. The summed E-state index contributed by atoms with van der Waals surface area (Å²) in [6.45, 7) is 0. The lowest BCUT2D eigenvalue weighted by molar-refractivity contribution is -0.166. The lowest BCUT2D eigenvalue weighted by Crippen LogP contribution is -2.68. The van der Waals surface area contributed by atoms with Gasteiger partial charge in [0.1, 0.15) is 0 Å². The Labute approximate surface area is 188 Å². The maximum absolute atomic E-state index is 13.0. The number of carboxylic acid groups (broad SMARTS) is 1. The molecule has 0 saturated carbocycles. The number of imide groups is 1. The first-order valence-electron chi connectivity index (χ1n) is 10.1. The molecule has 3 amide bonds. The van der Waals surface area contributed by atoms with E-state index in [4.69, 9.17) is 5.73 Å². The first-order valence-corrected chi connectivity index (χ1v) is 10.9. The van der Waals surface area contributed by atoms with Gasteiger partial charge in [0, 0.05) is 11.1 Å². The molecule has 0 spiro atoms. The second-order valence-electron chi connectivity index (χ2n) is 7.51. The Morgan fingerprint density at radius 3 is 2.19 bits per heavy atom. The standard InChI is InChI=1S/C23H22N4O4S/c24-22-25-13-16(32-22)11-12-17-19(21(29)30)27(20(17)28)23(31)26-18(14-7-3-1-4-8-14)15-9-5-2-6-10-15/h1-10,13,17-19H,11-12H2,(H2,24,25)(H,26,31)(H,29,30)/t17?,19-/m0/s1. The van der Waals surface area contributed by atoms with Crippen molar-refractivity contribution in [2.24, 2.45) is 5.92 Å². The van der Waals surface area contributed by atoms with Gasteiger partial charge in [-0.05, 0) is 24.0 Å². The highest BCUT2D eigenvalue weighted by atomic mass is 32.1. The quantitative estimate of drug-likeness (QED) is 0.475. The molecule has 2 aromatic carbocycles. The summed E-state index contributed by atoms with van der Waals surface area (Å²) in [7, 11) is 0. The second-order valence-corrected chi connectivity index (χ2v) is 8.65. The Balaban J connectivity index is 1.50. The number of nitrogens with one attached hydrogen (secondary N) is 1. The number of hydrogen-bond donors (Lipinski definition) is 3. The Bertz CT molecular complexity index is 1080. The van der Waals surface area contributed by atoms with E-state index in [0.717, 1.165) is 20.9 Å². The second kappa shape index (κ2) is 9.19. The number of rotatable bonds is 7. The fourth-order valence-corrected chi connectivity index (χ4v) is 4.62. The SMILES string of the molecule is Nc1ncc(CCC2C(=O)N(C(=O)NC(c3ccccc3)c3ccccc3)[C@@H]2C(=O)O)s1. The lowest BCUT2D eigenvalue weighted by atomic mass is 9.83. The first-order chi connectivity index (χ1) is 15.5. The zero-order valence-corrected chi connectivity index (χ0v) is 17.9. The molecule has 0 radical (unpaired) electrons. The molecule has 9 heteroatoms. The van der Waals surface area contributed by atoms with Gasteiger partial charge in [-0.2, -0.15) is 0 Å². The van der Waals surface area contributed by atoms with E-state index in [9.17, 15) is 19.5 Å². The van der Waals surface area contributed by atoms with E-state index in [1.165, 1.54) is 11.3 Å². The number of carbonyl (C=O) groups excluding carboxylic acids is 2. The number of nitrogens with two attached hydrogens (primary N) is 1. The third kappa shape index (κ3) is 4.33.